The molecule has 19 heavy (non-hydrogen) atoms. The maximum Gasteiger partial charge on any atom is 0.251 e. The van der Waals surface area contributed by atoms with Gasteiger partial charge in [0.05, 0.1) is 17.5 Å². The summed E-state index contributed by atoms with van der Waals surface area (Å²) in [6.07, 6.45) is 0.274. The largest absolute Gasteiger partial charge is 0.397 e. The van der Waals surface area contributed by atoms with E-state index in [0.29, 0.717) is 24.2 Å². The van der Waals surface area contributed by atoms with Gasteiger partial charge < -0.3 is 21.5 Å². The first-order valence-electron chi connectivity index (χ1n) is 6.56. The summed E-state index contributed by atoms with van der Waals surface area (Å²) in [6.45, 7) is 6.18. The van der Waals surface area contributed by atoms with Crippen molar-refractivity contribution in [2.24, 2.45) is 0 Å². The third-order valence-corrected chi connectivity index (χ3v) is 2.75. The van der Waals surface area contributed by atoms with Crippen LogP contribution in [0.15, 0.2) is 18.2 Å². The van der Waals surface area contributed by atoms with Crippen molar-refractivity contribution in [1.29, 1.82) is 0 Å². The molecule has 106 valence electrons. The van der Waals surface area contributed by atoms with Crippen molar-refractivity contribution in [3.8, 4) is 0 Å². The summed E-state index contributed by atoms with van der Waals surface area (Å²) in [5, 5.41) is 15.3. The number of nitrogen functional groups attached to an aromatic ring is 1. The zero-order valence-corrected chi connectivity index (χ0v) is 11.7. The van der Waals surface area contributed by atoms with Crippen LogP contribution in [0, 0.1) is 0 Å². The highest BCUT2D eigenvalue weighted by molar-refractivity contribution is 5.96. The van der Waals surface area contributed by atoms with E-state index in [1.54, 1.807) is 25.1 Å². The lowest BCUT2D eigenvalue weighted by Crippen LogP contribution is -2.23. The number of benzene rings is 1. The second-order valence-corrected chi connectivity index (χ2v) is 4.79. The first kappa shape index (κ1) is 15.3. The van der Waals surface area contributed by atoms with Crippen LogP contribution in [0.4, 0.5) is 11.4 Å². The Morgan fingerprint density at radius 3 is 2.63 bits per heavy atom. The lowest BCUT2D eigenvalue weighted by Gasteiger charge is -2.18. The minimum Gasteiger partial charge on any atom is -0.397 e. The molecule has 5 N–H and O–H groups in total. The molecule has 5 heteroatoms. The van der Waals surface area contributed by atoms with Gasteiger partial charge in [0, 0.05) is 18.2 Å². The molecule has 1 aromatic rings. The summed E-state index contributed by atoms with van der Waals surface area (Å²) in [6, 6.07) is 5.29. The Kier molecular flexibility index (Phi) is 5.63. The molecule has 1 amide bonds. The number of hydrogen-bond donors (Lipinski definition) is 4. The molecule has 0 aliphatic carbocycles. The monoisotopic (exact) mass is 265 g/mol. The van der Waals surface area contributed by atoms with Gasteiger partial charge in [0.25, 0.3) is 5.91 Å². The summed E-state index contributed by atoms with van der Waals surface area (Å²) in [7, 11) is 0. The van der Waals surface area contributed by atoms with Gasteiger partial charge in [0.1, 0.15) is 0 Å². The standard InChI is InChI=1S/C14H23N3O2/c1-4-16-14(19)11-5-6-13(12(15)8-11)17-9(2)7-10(3)18/h5-6,8-10,17-18H,4,7,15H2,1-3H3,(H,16,19). The van der Waals surface area contributed by atoms with E-state index in [9.17, 15) is 9.90 Å². The van der Waals surface area contributed by atoms with Gasteiger partial charge in [-0.2, -0.15) is 0 Å². The Labute approximate surface area is 114 Å². The van der Waals surface area contributed by atoms with E-state index >= 15 is 0 Å². The highest BCUT2D eigenvalue weighted by Gasteiger charge is 2.10. The Balaban J connectivity index is 2.74. The van der Waals surface area contributed by atoms with Crippen molar-refractivity contribution in [3.05, 3.63) is 23.8 Å². The van der Waals surface area contributed by atoms with Crippen LogP contribution < -0.4 is 16.4 Å². The summed E-state index contributed by atoms with van der Waals surface area (Å²) >= 11 is 0. The number of nitrogens with one attached hydrogen (secondary N) is 2. The molecular formula is C14H23N3O2. The number of amides is 1. The summed E-state index contributed by atoms with van der Waals surface area (Å²) in [4.78, 5) is 11.7. The van der Waals surface area contributed by atoms with E-state index in [4.69, 9.17) is 5.73 Å². The minimum absolute atomic E-state index is 0.109. The van der Waals surface area contributed by atoms with Gasteiger partial charge in [0.2, 0.25) is 0 Å². The second-order valence-electron chi connectivity index (χ2n) is 4.79. The molecule has 0 heterocycles. The Morgan fingerprint density at radius 2 is 2.11 bits per heavy atom. The molecule has 0 bridgehead atoms. The normalized spacial score (nSPS) is 13.7. The predicted molar refractivity (Wildman–Crippen MR) is 78.2 cm³/mol. The average molecular weight is 265 g/mol. The number of hydrogen-bond acceptors (Lipinski definition) is 4. The van der Waals surface area contributed by atoms with Crippen molar-refractivity contribution < 1.29 is 9.90 Å². The molecule has 2 unspecified atom stereocenters. The number of carbonyl (C=O) groups is 1. The van der Waals surface area contributed by atoms with Gasteiger partial charge in [0.15, 0.2) is 0 Å². The van der Waals surface area contributed by atoms with Crippen LogP contribution >= 0.6 is 0 Å². The first-order valence-corrected chi connectivity index (χ1v) is 6.56. The minimum atomic E-state index is -0.363. The van der Waals surface area contributed by atoms with Crippen LogP contribution in [0.2, 0.25) is 0 Å². The zero-order valence-electron chi connectivity index (χ0n) is 11.7. The van der Waals surface area contributed by atoms with E-state index in [1.165, 1.54) is 0 Å². The Hall–Kier alpha value is -1.75. The van der Waals surface area contributed by atoms with E-state index < -0.39 is 0 Å². The smallest absolute Gasteiger partial charge is 0.251 e. The molecular weight excluding hydrogens is 242 g/mol. The molecule has 0 spiro atoms. The van der Waals surface area contributed by atoms with Crippen LogP contribution in [0.5, 0.6) is 0 Å². The third-order valence-electron chi connectivity index (χ3n) is 2.75. The van der Waals surface area contributed by atoms with E-state index in [2.05, 4.69) is 10.6 Å². The van der Waals surface area contributed by atoms with Crippen molar-refractivity contribution in [2.45, 2.75) is 39.3 Å². The van der Waals surface area contributed by atoms with E-state index in [0.717, 1.165) is 5.69 Å². The number of rotatable bonds is 6. The van der Waals surface area contributed by atoms with Gasteiger partial charge in [-0.05, 0) is 45.4 Å². The van der Waals surface area contributed by atoms with Crippen LogP contribution in [-0.4, -0.2) is 29.7 Å². The van der Waals surface area contributed by atoms with Gasteiger partial charge in [-0.15, -0.1) is 0 Å². The maximum absolute atomic E-state index is 11.7. The van der Waals surface area contributed by atoms with Gasteiger partial charge in [-0.3, -0.25) is 4.79 Å². The molecule has 0 radical (unpaired) electrons. The van der Waals surface area contributed by atoms with Crippen LogP contribution in [0.25, 0.3) is 0 Å². The van der Waals surface area contributed by atoms with Crippen molar-refractivity contribution in [3.63, 3.8) is 0 Å². The SMILES string of the molecule is CCNC(=O)c1ccc(NC(C)CC(C)O)c(N)c1. The predicted octanol–water partition coefficient (Wildman–Crippen LogP) is 1.59. The Morgan fingerprint density at radius 1 is 1.42 bits per heavy atom. The van der Waals surface area contributed by atoms with Gasteiger partial charge in [-0.25, -0.2) is 0 Å². The topological polar surface area (TPSA) is 87.4 Å². The molecule has 5 nitrogen and oxygen atoms in total. The molecule has 0 saturated heterocycles. The fourth-order valence-electron chi connectivity index (χ4n) is 1.93. The van der Waals surface area contributed by atoms with Crippen molar-refractivity contribution in [2.75, 3.05) is 17.6 Å². The fourth-order valence-corrected chi connectivity index (χ4v) is 1.93. The summed E-state index contributed by atoms with van der Waals surface area (Å²) in [5.41, 5.74) is 7.79. The average Bonchev–Trinajstić information content (AvgIpc) is 2.31. The van der Waals surface area contributed by atoms with Crippen LogP contribution in [0.3, 0.4) is 0 Å². The van der Waals surface area contributed by atoms with Gasteiger partial charge >= 0.3 is 0 Å². The highest BCUT2D eigenvalue weighted by Crippen LogP contribution is 2.21. The first-order chi connectivity index (χ1) is 8.93. The maximum atomic E-state index is 11.7. The van der Waals surface area contributed by atoms with Crippen LogP contribution in [0.1, 0.15) is 37.6 Å². The van der Waals surface area contributed by atoms with E-state index in [-0.39, 0.29) is 18.1 Å². The number of anilines is 2. The van der Waals surface area contributed by atoms with Crippen molar-refractivity contribution in [1.82, 2.24) is 5.32 Å². The zero-order chi connectivity index (χ0) is 14.4. The molecule has 0 aliphatic heterocycles. The van der Waals surface area contributed by atoms with Crippen LogP contribution in [-0.2, 0) is 0 Å². The lowest BCUT2D eigenvalue weighted by atomic mass is 10.1. The number of nitrogens with two attached hydrogens (primary N) is 1. The lowest BCUT2D eigenvalue weighted by molar-refractivity contribution is 0.0956. The third kappa shape index (κ3) is 4.79. The summed E-state index contributed by atoms with van der Waals surface area (Å²) in [5.74, 6) is -0.127. The van der Waals surface area contributed by atoms with Gasteiger partial charge in [-0.1, -0.05) is 0 Å². The molecule has 1 aromatic carbocycles. The second kappa shape index (κ2) is 6.99. The highest BCUT2D eigenvalue weighted by atomic mass is 16.3. The quantitative estimate of drug-likeness (QED) is 0.588. The van der Waals surface area contributed by atoms with Crippen molar-refractivity contribution >= 4 is 17.3 Å². The molecule has 0 fully saturated rings. The number of carbonyl (C=O) groups excluding carboxylic acids is 1. The Bertz CT molecular complexity index is 433. The molecule has 1 rings (SSSR count). The molecule has 0 aromatic heterocycles. The number of aliphatic hydroxyl groups excluding tert-OH is 1. The molecule has 0 saturated carbocycles. The summed E-state index contributed by atoms with van der Waals surface area (Å²) < 4.78 is 0. The molecule has 0 aliphatic rings. The number of aliphatic hydroxyl groups is 1. The van der Waals surface area contributed by atoms with E-state index in [1.807, 2.05) is 13.8 Å². The molecule has 2 atom stereocenters. The fraction of sp³-hybridized carbons (Fsp3) is 0.500.